The Morgan fingerprint density at radius 2 is 1.60 bits per heavy atom. The summed E-state index contributed by atoms with van der Waals surface area (Å²) >= 11 is -0.313. The second-order valence-corrected chi connectivity index (χ2v) is 14.4. The van der Waals surface area contributed by atoms with E-state index in [9.17, 15) is 35.5 Å². The van der Waals surface area contributed by atoms with Crippen LogP contribution in [0, 0.1) is 50.3 Å². The number of hydrogen-bond donors (Lipinski definition) is 1. The number of nitrogens with zero attached hydrogens (tertiary/aromatic N) is 3. The van der Waals surface area contributed by atoms with Crippen molar-refractivity contribution in [2.24, 2.45) is 0 Å². The van der Waals surface area contributed by atoms with E-state index < -0.39 is 47.4 Å². The standard InChI is InChI=1S/C29H33F7IN3O.CHO2.U/c1-18-13-23(30)9-10-25(18)26-17-39(37-24-7-5-4-6-8-24)11-12-40(26)27(41)38(3)19(2)20-14-21(28(31,32)33)16-22(15-20)29(34,35)36;2-1-3;/h4,9-10,13-16,19,24,26H,5-8,11-12,17H2,1-3H3;(H,2,3);/q-2;-1;+2/t19-,26-;;/m1../s1. The molecule has 1 heterocycles. The molecule has 2 fully saturated rings. The van der Waals surface area contributed by atoms with E-state index in [0.717, 1.165) is 31.2 Å². The number of halogens is 8. The molecule has 0 spiro atoms. The average molecular weight is 983 g/mol. The summed E-state index contributed by atoms with van der Waals surface area (Å²) < 4.78 is 97.8. The number of aliphatic hydroxyl groups excluding tert-OH is 1. The number of carbonyl (C=O) groups excluding carboxylic acids is 1. The van der Waals surface area contributed by atoms with Gasteiger partial charge in [-0.15, -0.1) is 0 Å². The van der Waals surface area contributed by atoms with E-state index in [2.05, 4.69) is 9.53 Å². The number of benzene rings is 2. The van der Waals surface area contributed by atoms with Gasteiger partial charge in [0.2, 0.25) is 0 Å². The van der Waals surface area contributed by atoms with E-state index in [1.54, 1.807) is 17.9 Å². The predicted molar refractivity (Wildman–Crippen MR) is 145 cm³/mol. The van der Waals surface area contributed by atoms with Crippen LogP contribution in [0.25, 0.3) is 0 Å². The van der Waals surface area contributed by atoms with Crippen LogP contribution in [0.1, 0.15) is 72.5 Å². The number of carbonyl (C=O) groups is 1. The number of urea groups is 1. The van der Waals surface area contributed by atoms with E-state index in [-0.39, 0.29) is 64.2 Å². The van der Waals surface area contributed by atoms with Crippen molar-refractivity contribution in [2.75, 3.05) is 26.7 Å². The molecule has 2 aliphatic rings. The molecule has 0 aromatic heterocycles. The minimum absolute atomic E-state index is 0. The van der Waals surface area contributed by atoms with E-state index in [1.807, 2.05) is 0 Å². The molecule has 2 atom stereocenters. The van der Waals surface area contributed by atoms with E-state index >= 15 is 0 Å². The maximum absolute atomic E-state index is 14.0. The molecular weight excluding hydrogens is 948 g/mol. The second-order valence-electron chi connectivity index (χ2n) is 10.7. The Bertz CT molecular complexity index is 1260. The fraction of sp³-hybridized carbons (Fsp3) is 0.500. The maximum Gasteiger partial charge on any atom is 2.00 e. The predicted octanol–water partition coefficient (Wildman–Crippen LogP) is 4.41. The van der Waals surface area contributed by atoms with Gasteiger partial charge in [0.05, 0.1) is 0 Å². The van der Waals surface area contributed by atoms with Crippen molar-refractivity contribution in [1.29, 1.82) is 0 Å². The normalized spacial score (nSPS) is 18.8. The van der Waals surface area contributed by atoms with Gasteiger partial charge < -0.3 is 9.90 Å². The van der Waals surface area contributed by atoms with E-state index in [1.165, 1.54) is 31.0 Å². The zero-order chi connectivity index (χ0) is 32.8. The molecule has 2 aromatic rings. The fourth-order valence-electron chi connectivity index (χ4n) is 5.34. The summed E-state index contributed by atoms with van der Waals surface area (Å²) in [4.78, 5) is 24.9. The molecule has 15 heteroatoms. The molecule has 248 valence electrons. The van der Waals surface area contributed by atoms with Gasteiger partial charge in [-0.05, 0) is 0 Å². The Kier molecular flexibility index (Phi) is 15.0. The smallest absolute Gasteiger partial charge is 0.665 e. The molecule has 45 heavy (non-hydrogen) atoms. The van der Waals surface area contributed by atoms with Crippen LogP contribution in [-0.2, 0) is 17.1 Å². The third-order valence-corrected chi connectivity index (χ3v) is 11.5. The van der Waals surface area contributed by atoms with Crippen LogP contribution >= 0.6 is 0 Å². The third-order valence-electron chi connectivity index (χ3n) is 7.79. The Morgan fingerprint density at radius 1 is 1.04 bits per heavy atom. The van der Waals surface area contributed by atoms with Crippen molar-refractivity contribution >= 4 is 12.5 Å². The van der Waals surface area contributed by atoms with Gasteiger partial charge in [-0.2, -0.15) is 0 Å². The second kappa shape index (κ2) is 17.0. The third kappa shape index (κ3) is 10.7. The number of alkyl halides is 7. The number of hydrogen-bond acceptors (Lipinski definition) is 3. The Morgan fingerprint density at radius 3 is 2.11 bits per heavy atom. The van der Waals surface area contributed by atoms with Gasteiger partial charge in [-0.25, -0.2) is 0 Å². The first kappa shape index (κ1) is 39.6. The van der Waals surface area contributed by atoms with Crippen LogP contribution in [0.5, 0.6) is 0 Å². The molecule has 0 radical (unpaired) electrons. The van der Waals surface area contributed by atoms with Gasteiger partial charge in [-0.3, -0.25) is 0 Å². The number of aryl methyl sites for hydroxylation is 1. The van der Waals surface area contributed by atoms with Gasteiger partial charge in [0.15, 0.2) is 0 Å². The molecule has 2 amide bonds. The molecule has 2 aromatic carbocycles. The minimum Gasteiger partial charge on any atom is -0.665 e. The molecule has 1 aliphatic heterocycles. The summed E-state index contributed by atoms with van der Waals surface area (Å²) in [6.45, 7) is 5.18. The van der Waals surface area contributed by atoms with Gasteiger partial charge in [0.1, 0.15) is 0 Å². The summed E-state index contributed by atoms with van der Waals surface area (Å²) in [5, 5.41) is 6.76. The Balaban J connectivity index is 0.00000169. The Hall–Kier alpha value is -1.57. The minimum atomic E-state index is -4.99. The molecule has 1 N–H and O–H groups in total. The summed E-state index contributed by atoms with van der Waals surface area (Å²) in [5.74, 6) is -0.404. The number of amides is 2. The van der Waals surface area contributed by atoms with E-state index in [4.69, 9.17) is 9.90 Å². The summed E-state index contributed by atoms with van der Waals surface area (Å²) in [5.41, 5.74) is -1.68. The van der Waals surface area contributed by atoms with Crippen molar-refractivity contribution in [2.45, 2.75) is 67.9 Å². The van der Waals surface area contributed by atoms with Crippen LogP contribution in [-0.4, -0.2) is 61.1 Å². The van der Waals surface area contributed by atoms with Crippen LogP contribution in [0.15, 0.2) is 36.4 Å². The molecule has 4 rings (SSSR count). The average Bonchev–Trinajstić information content (AvgIpc) is 2.96. The van der Waals surface area contributed by atoms with Gasteiger partial charge in [-0.1, -0.05) is 6.47 Å². The Labute approximate surface area is 292 Å². The molecule has 1 aliphatic carbocycles. The zero-order valence-corrected chi connectivity index (χ0v) is 31.2. The first-order valence-corrected chi connectivity index (χ1v) is 16.1. The van der Waals surface area contributed by atoms with Crippen molar-refractivity contribution < 1.29 is 98.0 Å². The maximum atomic E-state index is 14.0. The van der Waals surface area contributed by atoms with Crippen molar-refractivity contribution in [1.82, 2.24) is 12.9 Å². The molecule has 6 nitrogen and oxygen atoms in total. The largest absolute Gasteiger partial charge is 2.00 e. The van der Waals surface area contributed by atoms with Crippen LogP contribution in [0.2, 0.25) is 0 Å². The molecule has 1 saturated heterocycles. The van der Waals surface area contributed by atoms with Crippen molar-refractivity contribution in [3.63, 3.8) is 0 Å². The molecule has 0 unspecified atom stereocenters. The summed E-state index contributed by atoms with van der Waals surface area (Å²) in [6, 6.07) is 3.77. The molecule has 0 bridgehead atoms. The van der Waals surface area contributed by atoms with Gasteiger partial charge in [0, 0.05) is 0 Å². The first-order valence-electron chi connectivity index (χ1n) is 13.9. The number of rotatable bonds is 5. The topological polar surface area (TPSA) is 64.1 Å². The van der Waals surface area contributed by atoms with E-state index in [0.29, 0.717) is 47.7 Å². The fourth-order valence-corrected chi connectivity index (χ4v) is 8.82. The van der Waals surface area contributed by atoms with Gasteiger partial charge in [0.25, 0.3) is 0 Å². The molecule has 1 saturated carbocycles. The van der Waals surface area contributed by atoms with Gasteiger partial charge >= 0.3 is 278 Å². The monoisotopic (exact) mass is 982 g/mol. The summed E-state index contributed by atoms with van der Waals surface area (Å²) in [7, 11) is 1.38. The van der Waals surface area contributed by atoms with Crippen LogP contribution in [0.3, 0.4) is 0 Å². The quantitative estimate of drug-likeness (QED) is 0.159. The number of piperazine rings is 1. The van der Waals surface area contributed by atoms with Crippen LogP contribution < -0.4 is 21.5 Å². The SMILES string of the molecule is Cc1cc(F)ccc1[C@H]1CN([I-]C2CC[CH-]CC2)CCN1C(=O)N(C)[C@H](C)c1cc(C(F)(F)F)cc(C(F)(F)F)c1.O=[C-]O.[U+2]. The van der Waals surface area contributed by atoms with Crippen molar-refractivity contribution in [3.8, 4) is 0 Å². The zero-order valence-electron chi connectivity index (χ0n) is 24.9. The van der Waals surface area contributed by atoms with Crippen molar-refractivity contribution in [3.05, 3.63) is 76.5 Å². The molecular formula is C30H34F7IN3O3U-. The summed E-state index contributed by atoms with van der Waals surface area (Å²) in [6.07, 6.45) is -3.19. The first-order chi connectivity index (χ1) is 20.6. The van der Waals surface area contributed by atoms with Crippen LogP contribution in [0.4, 0.5) is 35.5 Å².